The lowest BCUT2D eigenvalue weighted by molar-refractivity contribution is -0.120. The molecular formula is C18H24N2O. The molecule has 1 aliphatic rings. The van der Waals surface area contributed by atoms with Gasteiger partial charge < -0.3 is 11.1 Å². The number of nitrogens with two attached hydrogens (primary N) is 1. The van der Waals surface area contributed by atoms with E-state index in [0.717, 1.165) is 24.1 Å². The molecule has 1 saturated carbocycles. The molecule has 0 bridgehead atoms. The summed E-state index contributed by atoms with van der Waals surface area (Å²) in [5.41, 5.74) is 7.09. The van der Waals surface area contributed by atoms with Crippen molar-refractivity contribution in [3.05, 3.63) is 29.8 Å². The van der Waals surface area contributed by atoms with Crippen LogP contribution in [0.4, 0.5) is 5.69 Å². The van der Waals surface area contributed by atoms with Crippen molar-refractivity contribution in [3.8, 4) is 11.8 Å². The van der Waals surface area contributed by atoms with Gasteiger partial charge in [-0.15, -0.1) is 0 Å². The molecule has 1 aromatic rings. The van der Waals surface area contributed by atoms with Crippen LogP contribution in [0.5, 0.6) is 0 Å². The first kappa shape index (κ1) is 15.6. The van der Waals surface area contributed by atoms with Crippen molar-refractivity contribution >= 4 is 11.6 Å². The molecule has 0 saturated heterocycles. The number of anilines is 1. The zero-order valence-corrected chi connectivity index (χ0v) is 12.5. The van der Waals surface area contributed by atoms with E-state index in [1.807, 2.05) is 24.3 Å². The molecule has 1 amide bonds. The van der Waals surface area contributed by atoms with Gasteiger partial charge in [-0.2, -0.15) is 0 Å². The van der Waals surface area contributed by atoms with E-state index in [1.54, 1.807) is 0 Å². The summed E-state index contributed by atoms with van der Waals surface area (Å²) in [7, 11) is 0. The maximum atomic E-state index is 12.4. The van der Waals surface area contributed by atoms with Crippen LogP contribution >= 0.6 is 0 Å². The third kappa shape index (κ3) is 5.24. The summed E-state index contributed by atoms with van der Waals surface area (Å²) in [6.45, 7) is 0.346. The third-order valence-corrected chi connectivity index (χ3v) is 3.94. The lowest BCUT2D eigenvalue weighted by Crippen LogP contribution is -2.23. The highest BCUT2D eigenvalue weighted by molar-refractivity contribution is 5.92. The van der Waals surface area contributed by atoms with Crippen LogP contribution in [0.15, 0.2) is 24.3 Å². The van der Waals surface area contributed by atoms with Crippen molar-refractivity contribution in [2.24, 2.45) is 11.7 Å². The first-order valence-corrected chi connectivity index (χ1v) is 7.89. The molecule has 0 atom stereocenters. The molecule has 3 nitrogen and oxygen atoms in total. The van der Waals surface area contributed by atoms with Gasteiger partial charge in [0.05, 0.1) is 6.54 Å². The van der Waals surface area contributed by atoms with Gasteiger partial charge in [-0.1, -0.05) is 50.0 Å². The van der Waals surface area contributed by atoms with E-state index >= 15 is 0 Å². The molecular weight excluding hydrogens is 260 g/mol. The molecule has 3 heteroatoms. The molecule has 1 aromatic carbocycles. The van der Waals surface area contributed by atoms with Crippen molar-refractivity contribution < 1.29 is 4.79 Å². The summed E-state index contributed by atoms with van der Waals surface area (Å²) in [4.78, 5) is 12.4. The van der Waals surface area contributed by atoms with Gasteiger partial charge in [0, 0.05) is 17.2 Å². The maximum Gasteiger partial charge on any atom is 0.227 e. The van der Waals surface area contributed by atoms with Crippen LogP contribution in [0.2, 0.25) is 0 Å². The van der Waals surface area contributed by atoms with E-state index in [4.69, 9.17) is 5.73 Å². The molecule has 0 spiro atoms. The monoisotopic (exact) mass is 284 g/mol. The average Bonchev–Trinajstić information content (AvgIpc) is 2.45. The Balaban J connectivity index is 1.97. The molecule has 21 heavy (non-hydrogen) atoms. The Bertz CT molecular complexity index is 520. The second kappa shape index (κ2) is 8.49. The van der Waals surface area contributed by atoms with Crippen LogP contribution in [0.25, 0.3) is 0 Å². The molecule has 0 aliphatic heterocycles. The number of hydrogen-bond acceptors (Lipinski definition) is 2. The zero-order chi connectivity index (χ0) is 14.9. The van der Waals surface area contributed by atoms with Gasteiger partial charge in [-0.3, -0.25) is 4.79 Å². The lowest BCUT2D eigenvalue weighted by atomic mass is 9.90. The topological polar surface area (TPSA) is 55.1 Å². The summed E-state index contributed by atoms with van der Waals surface area (Å²) in [5, 5.41) is 3.04. The number of rotatable bonds is 2. The van der Waals surface area contributed by atoms with Crippen molar-refractivity contribution in [2.45, 2.75) is 44.9 Å². The van der Waals surface area contributed by atoms with Gasteiger partial charge in [-0.05, 0) is 31.0 Å². The van der Waals surface area contributed by atoms with Gasteiger partial charge >= 0.3 is 0 Å². The Morgan fingerprint density at radius 3 is 2.62 bits per heavy atom. The van der Waals surface area contributed by atoms with Crippen molar-refractivity contribution in [1.82, 2.24) is 0 Å². The molecule has 1 aliphatic carbocycles. The number of carbonyl (C=O) groups excluding carboxylic acids is 1. The molecule has 3 N–H and O–H groups in total. The lowest BCUT2D eigenvalue weighted by Gasteiger charge is -2.19. The van der Waals surface area contributed by atoms with Crippen molar-refractivity contribution in [3.63, 3.8) is 0 Å². The minimum atomic E-state index is 0.154. The Hall–Kier alpha value is -1.79. The highest BCUT2D eigenvalue weighted by Crippen LogP contribution is 2.23. The predicted octanol–water partition coefficient (Wildman–Crippen LogP) is 3.30. The SMILES string of the molecule is NCC#Cc1cccc(NC(=O)C2CCCCCCC2)c1. The molecule has 0 radical (unpaired) electrons. The fourth-order valence-corrected chi connectivity index (χ4v) is 2.79. The summed E-state index contributed by atoms with van der Waals surface area (Å²) in [6, 6.07) is 7.65. The molecule has 0 unspecified atom stereocenters. The smallest absolute Gasteiger partial charge is 0.227 e. The standard InChI is InChI=1S/C18H24N2O/c19-13-7-9-15-8-6-12-17(14-15)20-18(21)16-10-4-2-1-3-5-11-16/h6,8,12,14,16H,1-5,10-11,13,19H2,(H,20,21). The van der Waals surface area contributed by atoms with Crippen LogP contribution < -0.4 is 11.1 Å². The van der Waals surface area contributed by atoms with Gasteiger partial charge in [-0.25, -0.2) is 0 Å². The minimum absolute atomic E-state index is 0.154. The highest BCUT2D eigenvalue weighted by Gasteiger charge is 2.19. The number of nitrogens with one attached hydrogen (secondary N) is 1. The Morgan fingerprint density at radius 2 is 1.90 bits per heavy atom. The first-order chi connectivity index (χ1) is 10.3. The first-order valence-electron chi connectivity index (χ1n) is 7.89. The molecule has 0 aromatic heterocycles. The van der Waals surface area contributed by atoms with Gasteiger partial charge in [0.15, 0.2) is 0 Å². The minimum Gasteiger partial charge on any atom is -0.326 e. The average molecular weight is 284 g/mol. The number of amides is 1. The largest absolute Gasteiger partial charge is 0.326 e. The van der Waals surface area contributed by atoms with Crippen LogP contribution in [0, 0.1) is 17.8 Å². The van der Waals surface area contributed by atoms with Crippen LogP contribution in [0.3, 0.4) is 0 Å². The summed E-state index contributed by atoms with van der Waals surface area (Å²) < 4.78 is 0. The number of hydrogen-bond donors (Lipinski definition) is 2. The van der Waals surface area contributed by atoms with Crippen LogP contribution in [-0.4, -0.2) is 12.5 Å². The Kier molecular flexibility index (Phi) is 6.30. The van der Waals surface area contributed by atoms with Crippen molar-refractivity contribution in [2.75, 3.05) is 11.9 Å². The Labute approximate surface area is 127 Å². The van der Waals surface area contributed by atoms with E-state index in [0.29, 0.717) is 6.54 Å². The second-order valence-electron chi connectivity index (χ2n) is 5.62. The normalized spacial score (nSPS) is 16.2. The number of benzene rings is 1. The molecule has 112 valence electrons. The van der Waals surface area contributed by atoms with E-state index in [1.165, 1.54) is 32.1 Å². The number of carbonyl (C=O) groups is 1. The van der Waals surface area contributed by atoms with Gasteiger partial charge in [0.1, 0.15) is 0 Å². The maximum absolute atomic E-state index is 12.4. The summed E-state index contributed by atoms with van der Waals surface area (Å²) in [6.07, 6.45) is 8.19. The fourth-order valence-electron chi connectivity index (χ4n) is 2.79. The van der Waals surface area contributed by atoms with Crippen LogP contribution in [-0.2, 0) is 4.79 Å². The van der Waals surface area contributed by atoms with Crippen LogP contribution in [0.1, 0.15) is 50.5 Å². The van der Waals surface area contributed by atoms with E-state index in [9.17, 15) is 4.79 Å². The van der Waals surface area contributed by atoms with E-state index < -0.39 is 0 Å². The van der Waals surface area contributed by atoms with E-state index in [-0.39, 0.29) is 11.8 Å². The molecule has 2 rings (SSSR count). The van der Waals surface area contributed by atoms with Gasteiger partial charge in [0.2, 0.25) is 5.91 Å². The Morgan fingerprint density at radius 1 is 1.19 bits per heavy atom. The van der Waals surface area contributed by atoms with E-state index in [2.05, 4.69) is 17.2 Å². The van der Waals surface area contributed by atoms with Gasteiger partial charge in [0.25, 0.3) is 0 Å². The summed E-state index contributed by atoms with van der Waals surface area (Å²) >= 11 is 0. The highest BCUT2D eigenvalue weighted by atomic mass is 16.1. The molecule has 0 heterocycles. The fraction of sp³-hybridized carbons (Fsp3) is 0.500. The molecule has 1 fully saturated rings. The predicted molar refractivity (Wildman–Crippen MR) is 86.8 cm³/mol. The van der Waals surface area contributed by atoms with Crippen molar-refractivity contribution in [1.29, 1.82) is 0 Å². The third-order valence-electron chi connectivity index (χ3n) is 3.94. The second-order valence-corrected chi connectivity index (χ2v) is 5.62. The zero-order valence-electron chi connectivity index (χ0n) is 12.5. The summed E-state index contributed by atoms with van der Waals surface area (Å²) in [5.74, 6) is 6.13. The quantitative estimate of drug-likeness (QED) is 0.819.